The van der Waals surface area contributed by atoms with Crippen LogP contribution in [0.5, 0.6) is 5.75 Å². The van der Waals surface area contributed by atoms with Crippen LogP contribution < -0.4 is 4.74 Å². The van der Waals surface area contributed by atoms with Crippen molar-refractivity contribution < 1.29 is 4.74 Å². The molecule has 17 heavy (non-hydrogen) atoms. The van der Waals surface area contributed by atoms with Crippen molar-refractivity contribution in [3.63, 3.8) is 0 Å². The van der Waals surface area contributed by atoms with Gasteiger partial charge in [0.25, 0.3) is 0 Å². The maximum atomic E-state index is 5.64. The molecular weight excluding hydrogens is 276 g/mol. The van der Waals surface area contributed by atoms with Gasteiger partial charge in [-0.05, 0) is 43.3 Å². The van der Waals surface area contributed by atoms with Crippen molar-refractivity contribution in [3.05, 3.63) is 40.9 Å². The Bertz CT molecular complexity index is 319. The van der Waals surface area contributed by atoms with E-state index in [0.29, 0.717) is 0 Å². The quantitative estimate of drug-likeness (QED) is 0.590. The fraction of sp³-hybridized carbons (Fsp3) is 0.467. The van der Waals surface area contributed by atoms with E-state index in [1.54, 1.807) is 0 Å². The molecule has 0 fully saturated rings. The van der Waals surface area contributed by atoms with E-state index in [1.165, 1.54) is 31.3 Å². The predicted octanol–water partition coefficient (Wildman–Crippen LogP) is 5.31. The van der Waals surface area contributed by atoms with Gasteiger partial charge in [-0.15, -0.1) is 0 Å². The predicted molar refractivity (Wildman–Crippen MR) is 77.7 cm³/mol. The van der Waals surface area contributed by atoms with Crippen molar-refractivity contribution in [1.29, 1.82) is 0 Å². The van der Waals surface area contributed by atoms with Gasteiger partial charge in [0.2, 0.25) is 0 Å². The number of halogens is 1. The molecule has 94 valence electrons. The Morgan fingerprint density at radius 1 is 1.12 bits per heavy atom. The van der Waals surface area contributed by atoms with Gasteiger partial charge in [-0.25, -0.2) is 0 Å². The lowest BCUT2D eigenvalue weighted by Crippen LogP contribution is -1.96. The van der Waals surface area contributed by atoms with Gasteiger partial charge in [-0.1, -0.05) is 52.5 Å². The highest BCUT2D eigenvalue weighted by Crippen LogP contribution is 2.12. The van der Waals surface area contributed by atoms with E-state index in [1.807, 2.05) is 35.3 Å². The maximum absolute atomic E-state index is 5.64. The van der Waals surface area contributed by atoms with Crippen LogP contribution in [-0.2, 0) is 0 Å². The van der Waals surface area contributed by atoms with Gasteiger partial charge < -0.3 is 4.74 Å². The summed E-state index contributed by atoms with van der Waals surface area (Å²) in [5.41, 5.74) is 1.42. The Balaban J connectivity index is 1.95. The fourth-order valence-corrected chi connectivity index (χ4v) is 1.85. The molecule has 0 saturated carbocycles. The number of rotatable bonds is 8. The molecule has 0 amide bonds. The Morgan fingerprint density at radius 3 is 2.53 bits per heavy atom. The summed E-state index contributed by atoms with van der Waals surface area (Å²) in [7, 11) is 0. The smallest absolute Gasteiger partial charge is 0.119 e. The summed E-state index contributed by atoms with van der Waals surface area (Å²) in [4.78, 5) is 2.02. The van der Waals surface area contributed by atoms with E-state index in [0.717, 1.165) is 18.8 Å². The fourth-order valence-electron chi connectivity index (χ4n) is 1.62. The van der Waals surface area contributed by atoms with Crippen LogP contribution in [0.15, 0.2) is 40.9 Å². The molecule has 0 aliphatic heterocycles. The Morgan fingerprint density at radius 2 is 1.82 bits per heavy atom. The maximum Gasteiger partial charge on any atom is 0.119 e. The number of ether oxygens (including phenoxy) is 1. The summed E-state index contributed by atoms with van der Waals surface area (Å²) in [5, 5.41) is 0. The first-order valence-electron chi connectivity index (χ1n) is 6.26. The van der Waals surface area contributed by atoms with Crippen molar-refractivity contribution in [3.8, 4) is 5.75 Å². The Kier molecular flexibility index (Phi) is 7.81. The molecule has 2 heteroatoms. The first kappa shape index (κ1) is 14.3. The van der Waals surface area contributed by atoms with Crippen LogP contribution in [-0.4, -0.2) is 6.61 Å². The van der Waals surface area contributed by atoms with E-state index >= 15 is 0 Å². The minimum atomic E-state index is 0.831. The summed E-state index contributed by atoms with van der Waals surface area (Å²) in [6.45, 7) is 2.99. The number of allylic oxidation sites excluding steroid dienone is 1. The SMILES string of the molecule is C/C(=C\Br)CCCCCCOc1ccccc1. The molecule has 0 aromatic heterocycles. The van der Waals surface area contributed by atoms with E-state index in [2.05, 4.69) is 22.9 Å². The summed E-state index contributed by atoms with van der Waals surface area (Å²) in [6, 6.07) is 10.0. The molecule has 0 spiro atoms. The van der Waals surface area contributed by atoms with Crippen LogP contribution in [0.25, 0.3) is 0 Å². The van der Waals surface area contributed by atoms with Gasteiger partial charge in [-0.3, -0.25) is 0 Å². The highest BCUT2D eigenvalue weighted by molar-refractivity contribution is 9.11. The molecule has 0 radical (unpaired) electrons. The summed E-state index contributed by atoms with van der Waals surface area (Å²) < 4.78 is 5.64. The second-order valence-electron chi connectivity index (χ2n) is 4.28. The van der Waals surface area contributed by atoms with Crippen LogP contribution in [0.2, 0.25) is 0 Å². The average Bonchev–Trinajstić information content (AvgIpc) is 2.38. The molecule has 0 saturated heterocycles. The normalized spacial score (nSPS) is 11.5. The van der Waals surface area contributed by atoms with Crippen LogP contribution >= 0.6 is 15.9 Å². The lowest BCUT2D eigenvalue weighted by atomic mass is 10.1. The Hall–Kier alpha value is -0.760. The van der Waals surface area contributed by atoms with Gasteiger partial charge in [0.1, 0.15) is 5.75 Å². The highest BCUT2D eigenvalue weighted by atomic mass is 79.9. The van der Waals surface area contributed by atoms with Crippen LogP contribution in [0, 0.1) is 0 Å². The van der Waals surface area contributed by atoms with Crippen molar-refractivity contribution >= 4 is 15.9 Å². The van der Waals surface area contributed by atoms with Crippen molar-refractivity contribution in [1.82, 2.24) is 0 Å². The molecule has 1 nitrogen and oxygen atoms in total. The average molecular weight is 297 g/mol. The van der Waals surface area contributed by atoms with E-state index < -0.39 is 0 Å². The summed E-state index contributed by atoms with van der Waals surface area (Å²) in [6.07, 6.45) is 6.16. The van der Waals surface area contributed by atoms with Crippen LogP contribution in [0.1, 0.15) is 39.0 Å². The molecule has 0 heterocycles. The largest absolute Gasteiger partial charge is 0.494 e. The number of hydrogen-bond acceptors (Lipinski definition) is 1. The third-order valence-electron chi connectivity index (χ3n) is 2.66. The lowest BCUT2D eigenvalue weighted by Gasteiger charge is -2.05. The molecule has 1 aromatic carbocycles. The molecule has 0 aliphatic rings. The second-order valence-corrected chi connectivity index (χ2v) is 4.74. The zero-order valence-electron chi connectivity index (χ0n) is 10.5. The van der Waals surface area contributed by atoms with Gasteiger partial charge in [0, 0.05) is 0 Å². The summed E-state index contributed by atoms with van der Waals surface area (Å²) in [5.74, 6) is 0.977. The molecule has 0 atom stereocenters. The third-order valence-corrected chi connectivity index (χ3v) is 3.45. The van der Waals surface area contributed by atoms with Gasteiger partial charge >= 0.3 is 0 Å². The lowest BCUT2D eigenvalue weighted by molar-refractivity contribution is 0.304. The highest BCUT2D eigenvalue weighted by Gasteiger charge is 1.94. The first-order valence-corrected chi connectivity index (χ1v) is 7.18. The summed E-state index contributed by atoms with van der Waals surface area (Å²) >= 11 is 3.35. The minimum Gasteiger partial charge on any atom is -0.494 e. The standard InChI is InChI=1S/C15H21BrO/c1-14(13-16)9-5-2-3-8-12-17-15-10-6-4-7-11-15/h4,6-7,10-11,13H,2-3,5,8-9,12H2,1H3/b14-13+. The van der Waals surface area contributed by atoms with Crippen LogP contribution in [0.3, 0.4) is 0 Å². The molecule has 0 N–H and O–H groups in total. The second kappa shape index (κ2) is 9.29. The van der Waals surface area contributed by atoms with Gasteiger partial charge in [-0.2, -0.15) is 0 Å². The number of unbranched alkanes of at least 4 members (excludes halogenated alkanes) is 3. The Labute approximate surface area is 113 Å². The molecule has 1 aromatic rings. The molecule has 0 aliphatic carbocycles. The molecular formula is C15H21BrO. The first-order chi connectivity index (χ1) is 8.33. The van der Waals surface area contributed by atoms with Gasteiger partial charge in [0.15, 0.2) is 0 Å². The third kappa shape index (κ3) is 7.22. The zero-order valence-corrected chi connectivity index (χ0v) is 12.1. The van der Waals surface area contributed by atoms with E-state index in [9.17, 15) is 0 Å². The zero-order chi connectivity index (χ0) is 12.3. The molecule has 0 bridgehead atoms. The minimum absolute atomic E-state index is 0.831. The number of benzene rings is 1. The van der Waals surface area contributed by atoms with Crippen LogP contribution in [0.4, 0.5) is 0 Å². The molecule has 1 rings (SSSR count). The van der Waals surface area contributed by atoms with E-state index in [4.69, 9.17) is 4.74 Å². The van der Waals surface area contributed by atoms with Crippen molar-refractivity contribution in [2.75, 3.05) is 6.61 Å². The topological polar surface area (TPSA) is 9.23 Å². The number of hydrogen-bond donors (Lipinski definition) is 0. The monoisotopic (exact) mass is 296 g/mol. The van der Waals surface area contributed by atoms with Gasteiger partial charge in [0.05, 0.1) is 6.61 Å². The van der Waals surface area contributed by atoms with Crippen molar-refractivity contribution in [2.45, 2.75) is 39.0 Å². The van der Waals surface area contributed by atoms with Crippen molar-refractivity contribution in [2.24, 2.45) is 0 Å². The molecule has 0 unspecified atom stereocenters. The number of para-hydroxylation sites is 1. The van der Waals surface area contributed by atoms with E-state index in [-0.39, 0.29) is 0 Å².